The molecule has 0 aromatic heterocycles. The van der Waals surface area contributed by atoms with Gasteiger partial charge in [-0.25, -0.2) is 0 Å². The lowest BCUT2D eigenvalue weighted by Crippen LogP contribution is -2.20. The van der Waals surface area contributed by atoms with Gasteiger partial charge in [-0.2, -0.15) is 0 Å². The van der Waals surface area contributed by atoms with Crippen LogP contribution in [0.4, 0.5) is 5.69 Å². The van der Waals surface area contributed by atoms with Crippen LogP contribution in [0.1, 0.15) is 39.5 Å². The summed E-state index contributed by atoms with van der Waals surface area (Å²) in [5, 5.41) is 3.62. The van der Waals surface area contributed by atoms with Gasteiger partial charge in [0.25, 0.3) is 0 Å². The number of rotatable bonds is 6. The second-order valence-corrected chi connectivity index (χ2v) is 6.83. The highest BCUT2D eigenvalue weighted by Crippen LogP contribution is 2.34. The zero-order valence-corrected chi connectivity index (χ0v) is 13.0. The van der Waals surface area contributed by atoms with Gasteiger partial charge in [0.15, 0.2) is 0 Å². The third-order valence-corrected chi connectivity index (χ3v) is 4.64. The fourth-order valence-corrected chi connectivity index (χ4v) is 3.50. The highest BCUT2D eigenvalue weighted by atomic mass is 32.2. The summed E-state index contributed by atoms with van der Waals surface area (Å²) in [6, 6.07) is 8.10. The molecule has 0 radical (unpaired) electrons. The van der Waals surface area contributed by atoms with Gasteiger partial charge in [-0.3, -0.25) is 4.79 Å². The molecule has 110 valence electrons. The molecule has 1 fully saturated rings. The van der Waals surface area contributed by atoms with Crippen molar-refractivity contribution in [3.63, 3.8) is 0 Å². The fourth-order valence-electron chi connectivity index (χ4n) is 2.25. The molecule has 0 spiro atoms. The van der Waals surface area contributed by atoms with E-state index in [1.807, 2.05) is 37.7 Å². The fraction of sp³-hybridized carbons (Fsp3) is 0.562. The molecule has 1 aromatic rings. The molecule has 4 heteroatoms. The van der Waals surface area contributed by atoms with Crippen LogP contribution in [0.15, 0.2) is 29.2 Å². The summed E-state index contributed by atoms with van der Waals surface area (Å²) in [5.74, 6) is -0.102. The smallest absolute Gasteiger partial charge is 0.250 e. The van der Waals surface area contributed by atoms with Crippen LogP contribution in [0.25, 0.3) is 0 Å². The second kappa shape index (κ2) is 7.70. The molecular weight excluding hydrogens is 270 g/mol. The number of amides is 1. The first-order valence-corrected chi connectivity index (χ1v) is 8.19. The van der Waals surface area contributed by atoms with Crippen molar-refractivity contribution < 1.29 is 9.53 Å². The Labute approximate surface area is 125 Å². The molecule has 1 saturated carbocycles. The number of hydrogen-bond donors (Lipinski definition) is 1. The lowest BCUT2D eigenvalue weighted by molar-refractivity contribution is -0.121. The molecule has 3 nitrogen and oxygen atoms in total. The van der Waals surface area contributed by atoms with Crippen LogP contribution in [0.2, 0.25) is 0 Å². The summed E-state index contributed by atoms with van der Waals surface area (Å²) < 4.78 is 5.27. The maximum atomic E-state index is 11.6. The highest BCUT2D eigenvalue weighted by Gasteiger charge is 2.15. The van der Waals surface area contributed by atoms with Crippen LogP contribution in [-0.4, -0.2) is 23.9 Å². The maximum Gasteiger partial charge on any atom is 0.250 e. The number of anilines is 1. The first-order chi connectivity index (χ1) is 9.63. The van der Waals surface area contributed by atoms with E-state index in [2.05, 4.69) is 17.4 Å². The molecule has 0 heterocycles. The molecule has 1 aliphatic carbocycles. The van der Waals surface area contributed by atoms with Crippen molar-refractivity contribution in [1.82, 2.24) is 0 Å². The van der Waals surface area contributed by atoms with E-state index in [0.717, 1.165) is 10.9 Å². The summed E-state index contributed by atoms with van der Waals surface area (Å²) in [6.45, 7) is 3.95. The van der Waals surface area contributed by atoms with Crippen molar-refractivity contribution in [1.29, 1.82) is 0 Å². The summed E-state index contributed by atoms with van der Waals surface area (Å²) in [5.41, 5.74) is 0.832. The average Bonchev–Trinajstić information content (AvgIpc) is 2.92. The number of ether oxygens (including phenoxy) is 1. The lowest BCUT2D eigenvalue weighted by atomic mass is 10.3. The third-order valence-electron chi connectivity index (χ3n) is 3.29. The van der Waals surface area contributed by atoms with Crippen molar-refractivity contribution in [3.8, 4) is 0 Å². The topological polar surface area (TPSA) is 38.3 Å². The van der Waals surface area contributed by atoms with E-state index in [4.69, 9.17) is 4.74 Å². The number of benzene rings is 1. The van der Waals surface area contributed by atoms with E-state index in [-0.39, 0.29) is 18.6 Å². The average molecular weight is 293 g/mol. The zero-order chi connectivity index (χ0) is 14.4. The second-order valence-electron chi connectivity index (χ2n) is 5.46. The SMILES string of the molecule is CC(C)OCC(=O)Nc1ccc(SC2CCCC2)cc1. The Kier molecular flexibility index (Phi) is 5.92. The van der Waals surface area contributed by atoms with E-state index in [1.165, 1.54) is 30.6 Å². The number of carbonyl (C=O) groups excluding carboxylic acids is 1. The third kappa shape index (κ3) is 5.17. The quantitative estimate of drug-likeness (QED) is 0.858. The monoisotopic (exact) mass is 293 g/mol. The molecule has 0 atom stereocenters. The van der Waals surface area contributed by atoms with E-state index in [1.54, 1.807) is 0 Å². The minimum Gasteiger partial charge on any atom is -0.369 e. The lowest BCUT2D eigenvalue weighted by Gasteiger charge is -2.10. The Morgan fingerprint density at radius 1 is 1.30 bits per heavy atom. The number of carbonyl (C=O) groups is 1. The van der Waals surface area contributed by atoms with Crippen LogP contribution >= 0.6 is 11.8 Å². The van der Waals surface area contributed by atoms with Gasteiger partial charge in [0.05, 0.1) is 6.10 Å². The van der Waals surface area contributed by atoms with Crippen LogP contribution in [0.3, 0.4) is 0 Å². The summed E-state index contributed by atoms with van der Waals surface area (Å²) >= 11 is 1.96. The van der Waals surface area contributed by atoms with Crippen LogP contribution in [0.5, 0.6) is 0 Å². The molecule has 0 bridgehead atoms. The Morgan fingerprint density at radius 3 is 2.55 bits per heavy atom. The first kappa shape index (κ1) is 15.4. The Hall–Kier alpha value is -1.00. The zero-order valence-electron chi connectivity index (χ0n) is 12.2. The van der Waals surface area contributed by atoms with E-state index in [0.29, 0.717) is 0 Å². The molecule has 1 aliphatic rings. The summed E-state index contributed by atoms with van der Waals surface area (Å²) in [7, 11) is 0. The first-order valence-electron chi connectivity index (χ1n) is 7.31. The molecule has 0 saturated heterocycles. The van der Waals surface area contributed by atoms with Crippen molar-refractivity contribution in [3.05, 3.63) is 24.3 Å². The van der Waals surface area contributed by atoms with Gasteiger partial charge < -0.3 is 10.1 Å². The predicted octanol–water partition coefficient (Wildman–Crippen LogP) is 4.08. The van der Waals surface area contributed by atoms with Crippen molar-refractivity contribution in [2.45, 2.75) is 55.8 Å². The Bertz CT molecular complexity index is 425. The number of thioether (sulfide) groups is 1. The van der Waals surface area contributed by atoms with Gasteiger partial charge in [0, 0.05) is 15.8 Å². The number of nitrogens with one attached hydrogen (secondary N) is 1. The van der Waals surface area contributed by atoms with E-state index < -0.39 is 0 Å². The standard InChI is InChI=1S/C16H23NO2S/c1-12(2)19-11-16(18)17-13-7-9-15(10-8-13)20-14-5-3-4-6-14/h7-10,12,14H,3-6,11H2,1-2H3,(H,17,18). The molecule has 1 N–H and O–H groups in total. The van der Waals surface area contributed by atoms with Crippen molar-refractivity contribution in [2.24, 2.45) is 0 Å². The van der Waals surface area contributed by atoms with Crippen LogP contribution in [-0.2, 0) is 9.53 Å². The minimum absolute atomic E-state index is 0.0749. The van der Waals surface area contributed by atoms with Gasteiger partial charge in [0.1, 0.15) is 6.61 Å². The van der Waals surface area contributed by atoms with Gasteiger partial charge in [-0.1, -0.05) is 12.8 Å². The van der Waals surface area contributed by atoms with Gasteiger partial charge in [-0.15, -0.1) is 11.8 Å². The van der Waals surface area contributed by atoms with Crippen LogP contribution in [0, 0.1) is 0 Å². The molecule has 20 heavy (non-hydrogen) atoms. The van der Waals surface area contributed by atoms with Gasteiger partial charge in [-0.05, 0) is 51.0 Å². The van der Waals surface area contributed by atoms with Gasteiger partial charge in [0.2, 0.25) is 5.91 Å². The summed E-state index contributed by atoms with van der Waals surface area (Å²) in [4.78, 5) is 12.9. The molecule has 0 aliphatic heterocycles. The Balaban J connectivity index is 1.80. The largest absolute Gasteiger partial charge is 0.369 e. The molecule has 1 aromatic carbocycles. The van der Waals surface area contributed by atoms with E-state index in [9.17, 15) is 4.79 Å². The van der Waals surface area contributed by atoms with Crippen LogP contribution < -0.4 is 5.32 Å². The Morgan fingerprint density at radius 2 is 1.95 bits per heavy atom. The van der Waals surface area contributed by atoms with E-state index >= 15 is 0 Å². The maximum absolute atomic E-state index is 11.6. The molecular formula is C16H23NO2S. The van der Waals surface area contributed by atoms with Crippen molar-refractivity contribution >= 4 is 23.4 Å². The summed E-state index contributed by atoms with van der Waals surface area (Å²) in [6.07, 6.45) is 5.46. The predicted molar refractivity (Wildman–Crippen MR) is 84.3 cm³/mol. The van der Waals surface area contributed by atoms with Crippen molar-refractivity contribution in [2.75, 3.05) is 11.9 Å². The normalized spacial score (nSPS) is 15.8. The van der Waals surface area contributed by atoms with Gasteiger partial charge >= 0.3 is 0 Å². The molecule has 1 amide bonds. The molecule has 2 rings (SSSR count). The highest BCUT2D eigenvalue weighted by molar-refractivity contribution is 8.00. The number of hydrogen-bond acceptors (Lipinski definition) is 3. The minimum atomic E-state index is -0.102. The molecule has 0 unspecified atom stereocenters.